The Balaban J connectivity index is 0.00000230. The fourth-order valence-electron chi connectivity index (χ4n) is 7.85. The molecule has 3 heteroatoms. The van der Waals surface area contributed by atoms with Gasteiger partial charge < -0.3 is 24.8 Å². The number of aryl methyl sites for hydroxylation is 1. The van der Waals surface area contributed by atoms with E-state index in [0.717, 1.165) is 12.8 Å². The van der Waals surface area contributed by atoms with Crippen LogP contribution in [0.25, 0.3) is 8.85 Å². The molecule has 1 atom stereocenters. The van der Waals surface area contributed by atoms with Crippen molar-refractivity contribution in [1.29, 1.82) is 0 Å². The Morgan fingerprint density at radius 2 is 1.40 bits per heavy atom. The van der Waals surface area contributed by atoms with Crippen LogP contribution in [0.1, 0.15) is 89.3 Å². The SMILES string of the molecule is CCCC1=C(CCC)C(C)(CCC)C(C2=CC=CC2)=C2[C]([Zr+2]=[C](c3ccccc3)c3ccccc3)=c3cc(C)ccc3=C12.[Cl-].[Cl-]. The average Bonchev–Trinajstić information content (AvgIpc) is 3.65. The summed E-state index contributed by atoms with van der Waals surface area (Å²) in [6.07, 6.45) is 15.3. The predicted octanol–water partition coefficient (Wildman–Crippen LogP) is 3.53. The summed E-state index contributed by atoms with van der Waals surface area (Å²) in [7, 11) is 0. The molecule has 3 aromatic carbocycles. The Kier molecular flexibility index (Phi) is 12.3. The van der Waals surface area contributed by atoms with Crippen LogP contribution in [-0.2, 0) is 22.8 Å². The van der Waals surface area contributed by atoms with Crippen LogP contribution >= 0.6 is 0 Å². The molecule has 0 fully saturated rings. The van der Waals surface area contributed by atoms with Gasteiger partial charge in [-0.25, -0.2) is 0 Å². The van der Waals surface area contributed by atoms with Gasteiger partial charge >= 0.3 is 272 Å². The molecule has 0 saturated carbocycles. The van der Waals surface area contributed by atoms with E-state index in [2.05, 4.69) is 132 Å². The molecular weight excluding hydrogens is 667 g/mol. The largest absolute Gasteiger partial charge is 1.00 e. The number of hydrogen-bond donors (Lipinski definition) is 0. The van der Waals surface area contributed by atoms with Gasteiger partial charge in [-0.15, -0.1) is 0 Å². The Labute approximate surface area is 294 Å². The van der Waals surface area contributed by atoms with Crippen LogP contribution in [0.3, 0.4) is 0 Å². The maximum atomic E-state index is 2.62. The fraction of sp³-hybridized carbons (Fsp3) is 0.310. The van der Waals surface area contributed by atoms with Crippen LogP contribution in [-0.4, -0.2) is 3.21 Å². The summed E-state index contributed by atoms with van der Waals surface area (Å²) >= 11 is -1.29. The quantitative estimate of drug-likeness (QED) is 0.302. The van der Waals surface area contributed by atoms with Gasteiger partial charge in [0.25, 0.3) is 0 Å². The van der Waals surface area contributed by atoms with Crippen LogP contribution in [0.15, 0.2) is 125 Å². The Hall–Kier alpha value is -2.31. The second-order valence-electron chi connectivity index (χ2n) is 12.6. The van der Waals surface area contributed by atoms with Gasteiger partial charge in [0, 0.05) is 0 Å². The molecule has 0 aromatic heterocycles. The van der Waals surface area contributed by atoms with Crippen molar-refractivity contribution in [2.45, 2.75) is 79.6 Å². The zero-order valence-electron chi connectivity index (χ0n) is 27.4. The number of rotatable bonds is 10. The first-order valence-corrected chi connectivity index (χ1v) is 18.9. The third-order valence-corrected chi connectivity index (χ3v) is 13.5. The number of halogens is 2. The van der Waals surface area contributed by atoms with Crippen molar-refractivity contribution in [2.24, 2.45) is 5.41 Å². The van der Waals surface area contributed by atoms with Crippen molar-refractivity contribution in [3.8, 4) is 0 Å². The van der Waals surface area contributed by atoms with E-state index in [9.17, 15) is 0 Å². The van der Waals surface area contributed by atoms with Gasteiger partial charge in [-0.2, -0.15) is 0 Å². The van der Waals surface area contributed by atoms with Crippen molar-refractivity contribution in [2.75, 3.05) is 0 Å². The summed E-state index contributed by atoms with van der Waals surface area (Å²) in [6.45, 7) is 12.0. The molecule has 231 valence electrons. The first-order chi connectivity index (χ1) is 21.0. The van der Waals surface area contributed by atoms with Crippen molar-refractivity contribution >= 4 is 12.1 Å². The van der Waals surface area contributed by atoms with E-state index in [1.165, 1.54) is 59.2 Å². The third-order valence-electron chi connectivity index (χ3n) is 9.56. The van der Waals surface area contributed by atoms with Gasteiger partial charge in [-0.05, 0) is 0 Å². The molecule has 1 unspecified atom stereocenters. The van der Waals surface area contributed by atoms with E-state index in [1.807, 2.05) is 0 Å². The number of benzene rings is 3. The molecule has 0 spiro atoms. The standard InChI is InChI=1S/C29H35.C13H10.2ClH.Zr/c1-6-11-24-26(12-7-2)29(5,17-8-3)28(21-13-9-10-14-21)25-19-22-18-20(4)15-16-23(22)27(24)25;1-3-7-12(8-4-1)11-13-9-5-2-6-10-13;;;/h9-10,13,15-16,18H,6-8,11-12,14,17H2,1-5H3;1-10H;2*1H;/q;;;;+2/p-2. The summed E-state index contributed by atoms with van der Waals surface area (Å²) in [5.74, 6) is 0. The second-order valence-corrected chi connectivity index (χ2v) is 15.7. The minimum atomic E-state index is -1.29. The van der Waals surface area contributed by atoms with E-state index >= 15 is 0 Å². The molecule has 0 nitrogen and oxygen atoms in total. The van der Waals surface area contributed by atoms with Gasteiger partial charge in [0.2, 0.25) is 0 Å². The summed E-state index contributed by atoms with van der Waals surface area (Å²) in [6, 6.07) is 29.9. The normalized spacial score (nSPS) is 18.2. The Bertz CT molecular complexity index is 1780. The van der Waals surface area contributed by atoms with E-state index in [0.29, 0.717) is 0 Å². The number of allylic oxidation sites excluding steroid dienone is 8. The molecule has 0 aliphatic heterocycles. The van der Waals surface area contributed by atoms with Crippen LogP contribution in [0.5, 0.6) is 0 Å². The number of hydrogen-bond acceptors (Lipinski definition) is 0. The molecule has 45 heavy (non-hydrogen) atoms. The zero-order valence-corrected chi connectivity index (χ0v) is 31.4. The molecule has 0 amide bonds. The topological polar surface area (TPSA) is 0 Å². The summed E-state index contributed by atoms with van der Waals surface area (Å²) in [5, 5.41) is 3.02. The van der Waals surface area contributed by atoms with Crippen LogP contribution in [0, 0.1) is 12.3 Å². The molecule has 3 aliphatic carbocycles. The first-order valence-electron chi connectivity index (χ1n) is 16.5. The first kappa shape index (κ1) is 35.5. The monoisotopic (exact) mass is 709 g/mol. The van der Waals surface area contributed by atoms with Gasteiger partial charge in [0.1, 0.15) is 0 Å². The van der Waals surface area contributed by atoms with Crippen molar-refractivity contribution in [1.82, 2.24) is 0 Å². The Morgan fingerprint density at radius 1 is 0.756 bits per heavy atom. The molecule has 6 rings (SSSR count). The molecule has 0 bridgehead atoms. The maximum absolute atomic E-state index is 2.62. The fourth-order valence-corrected chi connectivity index (χ4v) is 11.8. The van der Waals surface area contributed by atoms with Gasteiger partial charge in [-0.1, -0.05) is 0 Å². The molecular formula is C42H45Cl2Zr. The summed E-state index contributed by atoms with van der Waals surface area (Å²) < 4.78 is 3.27. The van der Waals surface area contributed by atoms with Gasteiger partial charge in [0.05, 0.1) is 0 Å². The Morgan fingerprint density at radius 3 is 1.96 bits per heavy atom. The van der Waals surface area contributed by atoms with Crippen LogP contribution in [0.2, 0.25) is 0 Å². The number of fused-ring (bicyclic) bond motifs is 2. The van der Waals surface area contributed by atoms with Crippen LogP contribution < -0.4 is 35.3 Å². The molecule has 0 heterocycles. The minimum absolute atomic E-state index is 0. The van der Waals surface area contributed by atoms with E-state index in [4.69, 9.17) is 0 Å². The zero-order chi connectivity index (χ0) is 30.0. The van der Waals surface area contributed by atoms with Crippen molar-refractivity contribution in [3.63, 3.8) is 0 Å². The maximum Gasteiger partial charge on any atom is -1.00 e. The predicted molar refractivity (Wildman–Crippen MR) is 182 cm³/mol. The average molecular weight is 712 g/mol. The summed E-state index contributed by atoms with van der Waals surface area (Å²) in [4.78, 5) is 0. The molecule has 3 aromatic rings. The minimum Gasteiger partial charge on any atom is -1.00 e. The molecule has 3 aliphatic rings. The van der Waals surface area contributed by atoms with E-state index in [-0.39, 0.29) is 30.2 Å². The van der Waals surface area contributed by atoms with Gasteiger partial charge in [-0.3, -0.25) is 0 Å². The van der Waals surface area contributed by atoms with Crippen molar-refractivity contribution in [3.05, 3.63) is 152 Å². The summed E-state index contributed by atoms with van der Waals surface area (Å²) in [5.41, 5.74) is 14.0. The second kappa shape index (κ2) is 15.5. The van der Waals surface area contributed by atoms with Crippen molar-refractivity contribution < 1.29 is 47.6 Å². The molecule has 0 radical (unpaired) electrons. The molecule has 0 N–H and O–H groups in total. The molecule has 0 saturated heterocycles. The third kappa shape index (κ3) is 6.61. The van der Waals surface area contributed by atoms with E-state index in [1.54, 1.807) is 39.9 Å². The smallest absolute Gasteiger partial charge is 1.00 e. The van der Waals surface area contributed by atoms with E-state index < -0.39 is 22.8 Å². The van der Waals surface area contributed by atoms with Gasteiger partial charge in [0.15, 0.2) is 0 Å². The van der Waals surface area contributed by atoms with Crippen LogP contribution in [0.4, 0.5) is 0 Å².